The molecule has 0 atom stereocenters. The molecule has 0 aromatic heterocycles. The lowest BCUT2D eigenvalue weighted by Gasteiger charge is -2.30. The summed E-state index contributed by atoms with van der Waals surface area (Å²) in [4.78, 5) is 39.7. The third-order valence-corrected chi connectivity index (χ3v) is 6.38. The second-order valence-corrected chi connectivity index (χ2v) is 8.77. The highest BCUT2D eigenvalue weighted by Gasteiger charge is 2.27. The van der Waals surface area contributed by atoms with Crippen molar-refractivity contribution < 1.29 is 23.9 Å². The number of anilines is 1. The number of amides is 2. The predicted octanol–water partition coefficient (Wildman–Crippen LogP) is 5.03. The standard InChI is InChI=1S/C29H26N2O5/c32-27(36-21-14-16-31(17-15-21)29(34)35-19-20-8-2-1-3-9-20)18-25-22-10-4-5-12-24(22)28(33)30-26-13-7-6-11-23(25)26/h1-13,18,21H,14-17,19H2,(H,30,33)/b25-18+. The quantitative estimate of drug-likeness (QED) is 0.417. The maximum atomic E-state index is 13.0. The van der Waals surface area contributed by atoms with Gasteiger partial charge in [-0.15, -0.1) is 0 Å². The van der Waals surface area contributed by atoms with Crippen LogP contribution in [0.1, 0.15) is 39.9 Å². The highest BCUT2D eigenvalue weighted by Crippen LogP contribution is 2.35. The zero-order chi connectivity index (χ0) is 24.9. The number of nitrogens with one attached hydrogen (secondary N) is 1. The first-order valence-corrected chi connectivity index (χ1v) is 12.0. The number of hydrogen-bond acceptors (Lipinski definition) is 5. The summed E-state index contributed by atoms with van der Waals surface area (Å²) < 4.78 is 11.2. The van der Waals surface area contributed by atoms with Gasteiger partial charge in [0, 0.05) is 48.8 Å². The van der Waals surface area contributed by atoms with E-state index in [1.165, 1.54) is 6.08 Å². The van der Waals surface area contributed by atoms with Crippen molar-refractivity contribution in [1.29, 1.82) is 0 Å². The summed E-state index contributed by atoms with van der Waals surface area (Å²) in [6.07, 6.45) is 1.85. The van der Waals surface area contributed by atoms with Crippen molar-refractivity contribution in [3.8, 4) is 0 Å². The number of benzene rings is 3. The first-order valence-electron chi connectivity index (χ1n) is 12.0. The van der Waals surface area contributed by atoms with E-state index in [-0.39, 0.29) is 24.7 Å². The molecule has 7 nitrogen and oxygen atoms in total. The zero-order valence-corrected chi connectivity index (χ0v) is 19.7. The first kappa shape index (κ1) is 23.4. The third-order valence-electron chi connectivity index (χ3n) is 6.38. The zero-order valence-electron chi connectivity index (χ0n) is 19.7. The molecule has 7 heteroatoms. The summed E-state index contributed by atoms with van der Waals surface area (Å²) in [6, 6.07) is 24.1. The number of rotatable bonds is 4. The van der Waals surface area contributed by atoms with Crippen molar-refractivity contribution in [2.24, 2.45) is 0 Å². The van der Waals surface area contributed by atoms with Gasteiger partial charge in [-0.3, -0.25) is 4.79 Å². The van der Waals surface area contributed by atoms with Gasteiger partial charge in [0.15, 0.2) is 0 Å². The molecule has 1 N–H and O–H groups in total. The fourth-order valence-corrected chi connectivity index (χ4v) is 4.52. The van der Waals surface area contributed by atoms with E-state index >= 15 is 0 Å². The number of fused-ring (bicyclic) bond motifs is 2. The molecule has 2 aliphatic heterocycles. The Morgan fingerprint density at radius 2 is 1.50 bits per heavy atom. The lowest BCUT2D eigenvalue weighted by atomic mass is 9.94. The Hall–Kier alpha value is -4.39. The Balaban J connectivity index is 1.24. The Labute approximate surface area is 209 Å². The number of carbonyl (C=O) groups is 3. The second-order valence-electron chi connectivity index (χ2n) is 8.77. The van der Waals surface area contributed by atoms with Gasteiger partial charge >= 0.3 is 12.1 Å². The highest BCUT2D eigenvalue weighted by molar-refractivity contribution is 6.14. The van der Waals surface area contributed by atoms with E-state index in [0.717, 1.165) is 11.1 Å². The van der Waals surface area contributed by atoms with E-state index in [4.69, 9.17) is 9.47 Å². The van der Waals surface area contributed by atoms with Gasteiger partial charge < -0.3 is 19.7 Å². The molecule has 0 radical (unpaired) electrons. The Morgan fingerprint density at radius 3 is 2.25 bits per heavy atom. The maximum Gasteiger partial charge on any atom is 0.410 e. The summed E-state index contributed by atoms with van der Waals surface area (Å²) in [6.45, 7) is 1.13. The van der Waals surface area contributed by atoms with Gasteiger partial charge in [0.05, 0.1) is 0 Å². The molecule has 3 aromatic rings. The van der Waals surface area contributed by atoms with E-state index in [0.29, 0.717) is 48.3 Å². The third kappa shape index (κ3) is 5.15. The molecule has 0 unspecified atom stereocenters. The van der Waals surface area contributed by atoms with Crippen LogP contribution in [0.5, 0.6) is 0 Å². The van der Waals surface area contributed by atoms with Crippen molar-refractivity contribution >= 4 is 29.2 Å². The van der Waals surface area contributed by atoms with Crippen LogP contribution in [-0.4, -0.2) is 42.1 Å². The average molecular weight is 483 g/mol. The lowest BCUT2D eigenvalue weighted by Crippen LogP contribution is -2.41. The second kappa shape index (κ2) is 10.5. The Bertz CT molecular complexity index is 1310. The molecule has 1 saturated heterocycles. The molecule has 3 aromatic carbocycles. The molecule has 0 bridgehead atoms. The minimum atomic E-state index is -0.478. The van der Waals surface area contributed by atoms with Crippen LogP contribution in [-0.2, 0) is 20.9 Å². The lowest BCUT2D eigenvalue weighted by molar-refractivity contribution is -0.144. The van der Waals surface area contributed by atoms with E-state index in [9.17, 15) is 14.4 Å². The molecule has 182 valence electrons. The molecule has 5 rings (SSSR count). The fourth-order valence-electron chi connectivity index (χ4n) is 4.52. The van der Waals surface area contributed by atoms with Crippen LogP contribution in [0.4, 0.5) is 10.5 Å². The summed E-state index contributed by atoms with van der Waals surface area (Å²) in [5.41, 5.74) is 4.12. The van der Waals surface area contributed by atoms with E-state index in [1.807, 2.05) is 66.7 Å². The van der Waals surface area contributed by atoms with Gasteiger partial charge in [0.1, 0.15) is 12.7 Å². The van der Waals surface area contributed by atoms with Crippen LogP contribution < -0.4 is 5.32 Å². The van der Waals surface area contributed by atoms with Crippen LogP contribution in [0.2, 0.25) is 0 Å². The number of likely N-dealkylation sites (tertiary alicyclic amines) is 1. The minimum absolute atomic E-state index is 0.221. The summed E-state index contributed by atoms with van der Waals surface area (Å²) in [5.74, 6) is -0.699. The van der Waals surface area contributed by atoms with Gasteiger partial charge in [0.2, 0.25) is 0 Å². The van der Waals surface area contributed by atoms with Gasteiger partial charge in [-0.2, -0.15) is 0 Å². The number of para-hydroxylation sites is 1. The number of nitrogens with zero attached hydrogens (tertiary/aromatic N) is 1. The van der Waals surface area contributed by atoms with Crippen LogP contribution in [0.25, 0.3) is 5.57 Å². The van der Waals surface area contributed by atoms with E-state index in [2.05, 4.69) is 5.32 Å². The van der Waals surface area contributed by atoms with Gasteiger partial charge in [0.25, 0.3) is 5.91 Å². The first-order chi connectivity index (χ1) is 17.6. The van der Waals surface area contributed by atoms with Crippen LogP contribution in [0.3, 0.4) is 0 Å². The number of hydrogen-bond donors (Lipinski definition) is 1. The van der Waals surface area contributed by atoms with Gasteiger partial charge in [-0.1, -0.05) is 66.7 Å². The largest absolute Gasteiger partial charge is 0.459 e. The molecule has 2 amide bonds. The van der Waals surface area contributed by atoms with E-state index < -0.39 is 5.97 Å². The topological polar surface area (TPSA) is 84.9 Å². The molecule has 1 fully saturated rings. The normalized spacial score (nSPS) is 16.4. The number of piperidine rings is 1. The molecular weight excluding hydrogens is 456 g/mol. The summed E-state index contributed by atoms with van der Waals surface area (Å²) in [7, 11) is 0. The van der Waals surface area contributed by atoms with Gasteiger partial charge in [-0.05, 0) is 28.8 Å². The van der Waals surface area contributed by atoms with E-state index in [1.54, 1.807) is 17.0 Å². The van der Waals surface area contributed by atoms with Crippen molar-refractivity contribution in [2.75, 3.05) is 18.4 Å². The van der Waals surface area contributed by atoms with Crippen molar-refractivity contribution in [3.05, 3.63) is 107 Å². The molecule has 0 aliphatic carbocycles. The minimum Gasteiger partial charge on any atom is -0.459 e. The van der Waals surface area contributed by atoms with Crippen LogP contribution >= 0.6 is 0 Å². The van der Waals surface area contributed by atoms with Crippen molar-refractivity contribution in [3.63, 3.8) is 0 Å². The molecule has 2 heterocycles. The number of esters is 1. The van der Waals surface area contributed by atoms with Crippen LogP contribution in [0, 0.1) is 0 Å². The SMILES string of the molecule is O=C(/C=C1/c2ccccc2NC(=O)c2ccccc21)OC1CCN(C(=O)OCc2ccccc2)CC1. The smallest absolute Gasteiger partial charge is 0.410 e. The molecule has 0 saturated carbocycles. The van der Waals surface area contributed by atoms with Gasteiger partial charge in [-0.25, -0.2) is 9.59 Å². The molecule has 0 spiro atoms. The molecular formula is C29H26N2O5. The summed E-state index contributed by atoms with van der Waals surface area (Å²) >= 11 is 0. The highest BCUT2D eigenvalue weighted by atomic mass is 16.6. The summed E-state index contributed by atoms with van der Waals surface area (Å²) in [5, 5.41) is 2.92. The average Bonchev–Trinajstić information content (AvgIpc) is 3.03. The number of ether oxygens (including phenoxy) is 2. The Kier molecular flexibility index (Phi) is 6.80. The van der Waals surface area contributed by atoms with Crippen molar-refractivity contribution in [1.82, 2.24) is 4.90 Å². The van der Waals surface area contributed by atoms with Crippen molar-refractivity contribution in [2.45, 2.75) is 25.6 Å². The Morgan fingerprint density at radius 1 is 0.861 bits per heavy atom. The monoisotopic (exact) mass is 482 g/mol. The molecule has 2 aliphatic rings. The molecule has 36 heavy (non-hydrogen) atoms. The fraction of sp³-hybridized carbons (Fsp3) is 0.207. The maximum absolute atomic E-state index is 13.0. The number of carbonyl (C=O) groups excluding carboxylic acids is 3. The van der Waals surface area contributed by atoms with Crippen LogP contribution in [0.15, 0.2) is 84.9 Å². The predicted molar refractivity (Wildman–Crippen MR) is 135 cm³/mol.